The largest absolute Gasteiger partial charge is 0.491 e. The van der Waals surface area contributed by atoms with Crippen LogP contribution in [0, 0.1) is 11.3 Å². The first-order chi connectivity index (χ1) is 14.7. The number of hydrogen-bond donors (Lipinski definition) is 1. The average molecular weight is 427 g/mol. The Balaban J connectivity index is 1.93. The fraction of sp³-hybridized carbons (Fsp3) is 0.227. The third-order valence-corrected chi connectivity index (χ3v) is 4.26. The summed E-state index contributed by atoms with van der Waals surface area (Å²) < 4.78 is 46.4. The molecule has 0 unspecified atom stereocenters. The summed E-state index contributed by atoms with van der Waals surface area (Å²) in [5, 5.41) is 11.7. The molecule has 0 saturated heterocycles. The Labute approximate surface area is 177 Å². The predicted molar refractivity (Wildman–Crippen MR) is 112 cm³/mol. The molecule has 0 amide bonds. The van der Waals surface area contributed by atoms with Gasteiger partial charge in [-0.15, -0.1) is 0 Å². The van der Waals surface area contributed by atoms with Gasteiger partial charge < -0.3 is 15.0 Å². The van der Waals surface area contributed by atoms with Gasteiger partial charge in [0, 0.05) is 24.6 Å². The maximum atomic E-state index is 13.6. The number of aromatic nitrogens is 2. The zero-order valence-corrected chi connectivity index (χ0v) is 17.1. The van der Waals surface area contributed by atoms with Crippen molar-refractivity contribution >= 4 is 23.1 Å². The van der Waals surface area contributed by atoms with Gasteiger partial charge in [0.1, 0.15) is 11.3 Å². The van der Waals surface area contributed by atoms with Gasteiger partial charge in [-0.1, -0.05) is 0 Å². The van der Waals surface area contributed by atoms with E-state index in [1.54, 1.807) is 48.5 Å². The second-order valence-corrected chi connectivity index (χ2v) is 6.96. The number of anilines is 4. The topological polar surface area (TPSA) is 74.1 Å². The maximum absolute atomic E-state index is 13.6. The average Bonchev–Trinajstić information content (AvgIpc) is 2.73. The summed E-state index contributed by atoms with van der Waals surface area (Å²) in [6, 6.07) is 15.1. The highest BCUT2D eigenvalue weighted by Crippen LogP contribution is 2.38. The highest BCUT2D eigenvalue weighted by atomic mass is 19.4. The molecule has 2 aromatic carbocycles. The molecule has 31 heavy (non-hydrogen) atoms. The number of alkyl halides is 3. The molecule has 6 nitrogen and oxygen atoms in total. The molecule has 3 aromatic rings. The van der Waals surface area contributed by atoms with Crippen LogP contribution < -0.4 is 15.0 Å². The van der Waals surface area contributed by atoms with Crippen molar-refractivity contribution in [2.24, 2.45) is 0 Å². The van der Waals surface area contributed by atoms with Crippen LogP contribution in [-0.2, 0) is 6.18 Å². The molecule has 3 rings (SSSR count). The van der Waals surface area contributed by atoms with Crippen molar-refractivity contribution in [2.45, 2.75) is 26.1 Å². The molecule has 0 atom stereocenters. The summed E-state index contributed by atoms with van der Waals surface area (Å²) in [6.07, 6.45) is -3.89. The summed E-state index contributed by atoms with van der Waals surface area (Å²) >= 11 is 0. The number of halogens is 3. The van der Waals surface area contributed by atoms with E-state index in [-0.39, 0.29) is 17.9 Å². The van der Waals surface area contributed by atoms with Crippen LogP contribution in [0.25, 0.3) is 0 Å². The first-order valence-corrected chi connectivity index (χ1v) is 9.39. The van der Waals surface area contributed by atoms with Crippen molar-refractivity contribution < 1.29 is 17.9 Å². The molecule has 0 saturated carbocycles. The quantitative estimate of drug-likeness (QED) is 0.547. The molecule has 0 radical (unpaired) electrons. The number of ether oxygens (including phenoxy) is 1. The second kappa shape index (κ2) is 8.92. The lowest BCUT2D eigenvalue weighted by atomic mass is 10.2. The number of rotatable bonds is 6. The van der Waals surface area contributed by atoms with Crippen LogP contribution in [0.1, 0.15) is 25.0 Å². The lowest BCUT2D eigenvalue weighted by Crippen LogP contribution is -2.19. The minimum absolute atomic E-state index is 0.000631. The molecular weight excluding hydrogens is 407 g/mol. The van der Waals surface area contributed by atoms with Crippen LogP contribution in [0.5, 0.6) is 5.75 Å². The molecule has 160 valence electrons. The van der Waals surface area contributed by atoms with E-state index >= 15 is 0 Å². The Morgan fingerprint density at radius 2 is 1.71 bits per heavy atom. The third-order valence-electron chi connectivity index (χ3n) is 4.26. The molecule has 1 aromatic heterocycles. The van der Waals surface area contributed by atoms with E-state index in [2.05, 4.69) is 15.3 Å². The van der Waals surface area contributed by atoms with Gasteiger partial charge in [-0.25, -0.2) is 4.98 Å². The molecule has 0 bridgehead atoms. The minimum Gasteiger partial charge on any atom is -0.491 e. The van der Waals surface area contributed by atoms with Crippen molar-refractivity contribution in [3.63, 3.8) is 0 Å². The lowest BCUT2D eigenvalue weighted by molar-refractivity contribution is -0.137. The Kier molecular flexibility index (Phi) is 6.30. The number of nitriles is 1. The van der Waals surface area contributed by atoms with E-state index in [0.29, 0.717) is 22.7 Å². The third kappa shape index (κ3) is 5.42. The van der Waals surface area contributed by atoms with Gasteiger partial charge in [0.25, 0.3) is 0 Å². The summed E-state index contributed by atoms with van der Waals surface area (Å²) in [4.78, 5) is 9.27. The van der Waals surface area contributed by atoms with Crippen LogP contribution >= 0.6 is 0 Å². The molecule has 0 aliphatic heterocycles. The SMILES string of the molecule is CC(C)Oc1ccc(N(C)c2nc(Nc3ccc(C#N)cc3)ncc2C(F)(F)F)cc1. The summed E-state index contributed by atoms with van der Waals surface area (Å²) in [5.74, 6) is 0.324. The van der Waals surface area contributed by atoms with E-state index in [1.807, 2.05) is 19.9 Å². The lowest BCUT2D eigenvalue weighted by Gasteiger charge is -2.23. The van der Waals surface area contributed by atoms with Crippen molar-refractivity contribution in [3.8, 4) is 11.8 Å². The molecule has 0 aliphatic carbocycles. The molecule has 0 aliphatic rings. The van der Waals surface area contributed by atoms with Crippen molar-refractivity contribution in [3.05, 3.63) is 65.9 Å². The van der Waals surface area contributed by atoms with Crippen LogP contribution in [-0.4, -0.2) is 23.1 Å². The van der Waals surface area contributed by atoms with E-state index in [1.165, 1.54) is 11.9 Å². The van der Waals surface area contributed by atoms with E-state index < -0.39 is 11.7 Å². The molecule has 0 spiro atoms. The Hall–Kier alpha value is -3.80. The standard InChI is InChI=1S/C22H20F3N5O/c1-14(2)31-18-10-8-17(9-11-18)30(3)20-19(22(23,24)25)13-27-21(29-20)28-16-6-4-15(12-26)5-7-16/h4-11,13-14H,1-3H3,(H,27,28,29). The molecule has 1 heterocycles. The number of nitrogens with one attached hydrogen (secondary N) is 1. The molecule has 0 fully saturated rings. The van der Waals surface area contributed by atoms with Gasteiger partial charge in [-0.3, -0.25) is 0 Å². The summed E-state index contributed by atoms with van der Waals surface area (Å²) in [6.45, 7) is 3.78. The van der Waals surface area contributed by atoms with Crippen LogP contribution in [0.4, 0.5) is 36.3 Å². The number of benzene rings is 2. The first-order valence-electron chi connectivity index (χ1n) is 9.39. The smallest absolute Gasteiger partial charge is 0.421 e. The van der Waals surface area contributed by atoms with Gasteiger partial charge >= 0.3 is 6.18 Å². The summed E-state index contributed by atoms with van der Waals surface area (Å²) in [7, 11) is 1.50. The number of hydrogen-bond acceptors (Lipinski definition) is 6. The molecular formula is C22H20F3N5O. The van der Waals surface area contributed by atoms with E-state index in [4.69, 9.17) is 10.00 Å². The maximum Gasteiger partial charge on any atom is 0.421 e. The fourth-order valence-electron chi connectivity index (χ4n) is 2.79. The van der Waals surface area contributed by atoms with Crippen LogP contribution in [0.15, 0.2) is 54.7 Å². The van der Waals surface area contributed by atoms with Gasteiger partial charge in [-0.05, 0) is 62.4 Å². The van der Waals surface area contributed by atoms with Gasteiger partial charge in [0.15, 0.2) is 5.82 Å². The Bertz CT molecular complexity index is 1070. The van der Waals surface area contributed by atoms with Gasteiger partial charge in [0.2, 0.25) is 5.95 Å². The van der Waals surface area contributed by atoms with E-state index in [9.17, 15) is 13.2 Å². The fourth-order valence-corrected chi connectivity index (χ4v) is 2.79. The predicted octanol–water partition coefficient (Wildman–Crippen LogP) is 5.67. The van der Waals surface area contributed by atoms with Gasteiger partial charge in [0.05, 0.1) is 17.7 Å². The minimum atomic E-state index is -4.63. The summed E-state index contributed by atoms with van der Waals surface area (Å²) in [5.41, 5.74) is 0.555. The Morgan fingerprint density at radius 3 is 2.26 bits per heavy atom. The second-order valence-electron chi connectivity index (χ2n) is 6.96. The van der Waals surface area contributed by atoms with Crippen LogP contribution in [0.3, 0.4) is 0 Å². The van der Waals surface area contributed by atoms with Crippen LogP contribution in [0.2, 0.25) is 0 Å². The highest BCUT2D eigenvalue weighted by Gasteiger charge is 2.36. The Morgan fingerprint density at radius 1 is 1.06 bits per heavy atom. The normalized spacial score (nSPS) is 11.2. The highest BCUT2D eigenvalue weighted by molar-refractivity contribution is 5.65. The van der Waals surface area contributed by atoms with Gasteiger partial charge in [-0.2, -0.15) is 23.4 Å². The monoisotopic (exact) mass is 427 g/mol. The zero-order valence-electron chi connectivity index (χ0n) is 17.1. The number of nitrogens with zero attached hydrogens (tertiary/aromatic N) is 4. The molecule has 1 N–H and O–H groups in total. The van der Waals surface area contributed by atoms with Crippen molar-refractivity contribution in [2.75, 3.05) is 17.3 Å². The van der Waals surface area contributed by atoms with E-state index in [0.717, 1.165) is 6.20 Å². The molecule has 9 heteroatoms. The van der Waals surface area contributed by atoms with Crippen molar-refractivity contribution in [1.29, 1.82) is 5.26 Å². The van der Waals surface area contributed by atoms with Crippen molar-refractivity contribution in [1.82, 2.24) is 9.97 Å². The zero-order chi connectivity index (χ0) is 22.6. The first kappa shape index (κ1) is 21.9.